The maximum Gasteiger partial charge on any atom is 0.122 e. The topological polar surface area (TPSA) is 42.4 Å². The quantitative estimate of drug-likeness (QED) is 0.796. The summed E-state index contributed by atoms with van der Waals surface area (Å²) >= 11 is 0. The van der Waals surface area contributed by atoms with Crippen molar-refractivity contribution in [2.75, 3.05) is 19.6 Å². The number of nitrogens with zero attached hydrogens (tertiary/aromatic N) is 1. The minimum absolute atomic E-state index is 0.284. The molecule has 1 aliphatic rings. The van der Waals surface area contributed by atoms with Crippen LogP contribution in [-0.4, -0.2) is 24.5 Å². The van der Waals surface area contributed by atoms with Gasteiger partial charge in [0, 0.05) is 6.54 Å². The molecule has 0 amide bonds. The summed E-state index contributed by atoms with van der Waals surface area (Å²) in [6.45, 7) is 4.93. The number of hydrogen-bond donors (Lipinski definition) is 1. The van der Waals surface area contributed by atoms with Gasteiger partial charge in [0.25, 0.3) is 0 Å². The molecule has 2 heterocycles. The second kappa shape index (κ2) is 4.15. The van der Waals surface area contributed by atoms with Crippen molar-refractivity contribution in [2.24, 2.45) is 5.73 Å². The first-order valence-corrected chi connectivity index (χ1v) is 5.31. The number of nitrogens with two attached hydrogens (primary N) is 1. The van der Waals surface area contributed by atoms with Crippen molar-refractivity contribution >= 4 is 0 Å². The highest BCUT2D eigenvalue weighted by Crippen LogP contribution is 2.25. The second-order valence-corrected chi connectivity index (χ2v) is 3.94. The van der Waals surface area contributed by atoms with E-state index in [1.807, 2.05) is 19.1 Å². The number of furan rings is 1. The molecule has 1 aliphatic heterocycles. The van der Waals surface area contributed by atoms with Gasteiger partial charge in [-0.2, -0.15) is 0 Å². The largest absolute Gasteiger partial charge is 0.465 e. The molecule has 1 fully saturated rings. The molecule has 0 aliphatic carbocycles. The molecule has 1 aromatic heterocycles. The lowest BCUT2D eigenvalue weighted by Crippen LogP contribution is -2.31. The van der Waals surface area contributed by atoms with Gasteiger partial charge in [0.2, 0.25) is 0 Å². The molecule has 78 valence electrons. The Morgan fingerprint density at radius 1 is 1.43 bits per heavy atom. The molecule has 0 radical (unpaired) electrons. The van der Waals surface area contributed by atoms with Crippen LogP contribution in [0.4, 0.5) is 0 Å². The van der Waals surface area contributed by atoms with Crippen LogP contribution >= 0.6 is 0 Å². The van der Waals surface area contributed by atoms with Crippen LogP contribution in [0.2, 0.25) is 0 Å². The molecule has 1 atom stereocenters. The van der Waals surface area contributed by atoms with E-state index in [-0.39, 0.29) is 6.04 Å². The molecule has 14 heavy (non-hydrogen) atoms. The lowest BCUT2D eigenvalue weighted by Gasteiger charge is -2.24. The summed E-state index contributed by atoms with van der Waals surface area (Å²) in [5.74, 6) is 1.99. The van der Waals surface area contributed by atoms with Crippen molar-refractivity contribution in [3.8, 4) is 0 Å². The van der Waals surface area contributed by atoms with Gasteiger partial charge in [-0.25, -0.2) is 0 Å². The third kappa shape index (κ3) is 1.83. The molecule has 0 bridgehead atoms. The Hall–Kier alpha value is -0.800. The van der Waals surface area contributed by atoms with Crippen LogP contribution in [0, 0.1) is 6.92 Å². The van der Waals surface area contributed by atoms with E-state index < -0.39 is 0 Å². The molecule has 3 nitrogen and oxygen atoms in total. The van der Waals surface area contributed by atoms with E-state index in [1.54, 1.807) is 0 Å². The van der Waals surface area contributed by atoms with Crippen molar-refractivity contribution in [2.45, 2.75) is 25.8 Å². The lowest BCUT2D eigenvalue weighted by atomic mass is 10.2. The first kappa shape index (κ1) is 9.74. The van der Waals surface area contributed by atoms with Crippen LogP contribution in [0.3, 0.4) is 0 Å². The zero-order chi connectivity index (χ0) is 9.97. The van der Waals surface area contributed by atoms with Crippen LogP contribution in [-0.2, 0) is 0 Å². The first-order chi connectivity index (χ1) is 6.81. The van der Waals surface area contributed by atoms with Crippen molar-refractivity contribution in [3.63, 3.8) is 0 Å². The summed E-state index contributed by atoms with van der Waals surface area (Å²) in [5, 5.41) is 0. The molecule has 2 rings (SSSR count). The van der Waals surface area contributed by atoms with E-state index in [1.165, 1.54) is 12.8 Å². The van der Waals surface area contributed by atoms with Gasteiger partial charge in [-0.1, -0.05) is 0 Å². The van der Waals surface area contributed by atoms with Gasteiger partial charge in [0.05, 0.1) is 6.04 Å². The monoisotopic (exact) mass is 194 g/mol. The summed E-state index contributed by atoms with van der Waals surface area (Å²) in [4.78, 5) is 2.41. The Balaban J connectivity index is 2.12. The van der Waals surface area contributed by atoms with Crippen LogP contribution in [0.5, 0.6) is 0 Å². The molecule has 0 spiro atoms. The zero-order valence-corrected chi connectivity index (χ0v) is 8.70. The van der Waals surface area contributed by atoms with Gasteiger partial charge in [0.15, 0.2) is 0 Å². The van der Waals surface area contributed by atoms with Gasteiger partial charge >= 0.3 is 0 Å². The Kier molecular flexibility index (Phi) is 2.89. The fourth-order valence-corrected chi connectivity index (χ4v) is 2.13. The minimum atomic E-state index is 0.284. The Morgan fingerprint density at radius 3 is 2.64 bits per heavy atom. The predicted molar refractivity (Wildman–Crippen MR) is 56.0 cm³/mol. The highest BCUT2D eigenvalue weighted by Gasteiger charge is 2.24. The Labute approximate surface area is 84.9 Å². The predicted octanol–water partition coefficient (Wildman–Crippen LogP) is 1.68. The Bertz CT molecular complexity index is 289. The fourth-order valence-electron chi connectivity index (χ4n) is 2.13. The number of aryl methyl sites for hydroxylation is 1. The number of likely N-dealkylation sites (tertiary alicyclic amines) is 1. The minimum Gasteiger partial charge on any atom is -0.465 e. The average Bonchev–Trinajstić information content (AvgIpc) is 2.79. The summed E-state index contributed by atoms with van der Waals surface area (Å²) in [6.07, 6.45) is 2.58. The molecule has 0 unspecified atom stereocenters. The van der Waals surface area contributed by atoms with E-state index in [4.69, 9.17) is 10.2 Å². The van der Waals surface area contributed by atoms with Gasteiger partial charge < -0.3 is 10.2 Å². The standard InChI is InChI=1S/C11H18N2O/c1-9-4-5-11(14-9)10(8-12)13-6-2-3-7-13/h4-5,10H,2-3,6-8,12H2,1H3/t10-/m0/s1. The van der Waals surface area contributed by atoms with Gasteiger partial charge in [-0.15, -0.1) is 0 Å². The highest BCUT2D eigenvalue weighted by atomic mass is 16.3. The molecule has 1 aromatic rings. The molecular formula is C11H18N2O. The molecule has 0 saturated carbocycles. The second-order valence-electron chi connectivity index (χ2n) is 3.94. The SMILES string of the molecule is Cc1ccc([C@H](CN)N2CCCC2)o1. The summed E-state index contributed by atoms with van der Waals surface area (Å²) in [6, 6.07) is 4.34. The summed E-state index contributed by atoms with van der Waals surface area (Å²) in [5.41, 5.74) is 5.79. The molecule has 0 aromatic carbocycles. The van der Waals surface area contributed by atoms with Crippen LogP contribution in [0.1, 0.15) is 30.4 Å². The van der Waals surface area contributed by atoms with Gasteiger partial charge in [0.1, 0.15) is 11.5 Å². The van der Waals surface area contributed by atoms with E-state index in [0.29, 0.717) is 6.54 Å². The van der Waals surface area contributed by atoms with E-state index in [0.717, 1.165) is 24.6 Å². The van der Waals surface area contributed by atoms with Crippen LogP contribution < -0.4 is 5.73 Å². The van der Waals surface area contributed by atoms with Crippen molar-refractivity contribution < 1.29 is 4.42 Å². The molecule has 1 saturated heterocycles. The van der Waals surface area contributed by atoms with E-state index in [9.17, 15) is 0 Å². The van der Waals surface area contributed by atoms with Gasteiger partial charge in [-0.3, -0.25) is 4.90 Å². The third-order valence-electron chi connectivity index (χ3n) is 2.89. The maximum absolute atomic E-state index is 5.79. The highest BCUT2D eigenvalue weighted by molar-refractivity contribution is 5.10. The van der Waals surface area contributed by atoms with E-state index >= 15 is 0 Å². The Morgan fingerprint density at radius 2 is 2.14 bits per heavy atom. The van der Waals surface area contributed by atoms with E-state index in [2.05, 4.69) is 4.90 Å². The smallest absolute Gasteiger partial charge is 0.122 e. The van der Waals surface area contributed by atoms with Crippen molar-refractivity contribution in [1.29, 1.82) is 0 Å². The average molecular weight is 194 g/mol. The van der Waals surface area contributed by atoms with Crippen LogP contribution in [0.25, 0.3) is 0 Å². The molecule has 2 N–H and O–H groups in total. The number of rotatable bonds is 3. The molecule has 3 heteroatoms. The number of hydrogen-bond acceptors (Lipinski definition) is 3. The fraction of sp³-hybridized carbons (Fsp3) is 0.636. The third-order valence-corrected chi connectivity index (χ3v) is 2.89. The first-order valence-electron chi connectivity index (χ1n) is 5.31. The summed E-state index contributed by atoms with van der Waals surface area (Å²) in [7, 11) is 0. The molecular weight excluding hydrogens is 176 g/mol. The van der Waals surface area contributed by atoms with Gasteiger partial charge in [-0.05, 0) is 45.0 Å². The zero-order valence-electron chi connectivity index (χ0n) is 8.70. The lowest BCUT2D eigenvalue weighted by molar-refractivity contribution is 0.219. The van der Waals surface area contributed by atoms with Crippen molar-refractivity contribution in [3.05, 3.63) is 23.7 Å². The summed E-state index contributed by atoms with van der Waals surface area (Å²) < 4.78 is 5.63. The van der Waals surface area contributed by atoms with Crippen LogP contribution in [0.15, 0.2) is 16.5 Å². The maximum atomic E-state index is 5.79. The normalized spacial score (nSPS) is 20.1. The van der Waals surface area contributed by atoms with Crippen molar-refractivity contribution in [1.82, 2.24) is 4.90 Å².